The van der Waals surface area contributed by atoms with Crippen molar-refractivity contribution in [3.8, 4) is 22.4 Å². The summed E-state index contributed by atoms with van der Waals surface area (Å²) in [5.74, 6) is -0.660. The van der Waals surface area contributed by atoms with Crippen molar-refractivity contribution in [1.82, 2.24) is 29.5 Å². The molecule has 1 saturated carbocycles. The molecule has 1 aliphatic carbocycles. The third kappa shape index (κ3) is 3.74. The van der Waals surface area contributed by atoms with E-state index in [1.54, 1.807) is 48.1 Å². The van der Waals surface area contributed by atoms with E-state index in [-0.39, 0.29) is 24.7 Å². The Morgan fingerprint density at radius 3 is 2.16 bits per heavy atom. The van der Waals surface area contributed by atoms with Gasteiger partial charge in [-0.1, -0.05) is 36.4 Å². The van der Waals surface area contributed by atoms with Crippen molar-refractivity contribution < 1.29 is 14.7 Å². The maximum absolute atomic E-state index is 13.5. The van der Waals surface area contributed by atoms with Crippen LogP contribution in [0.2, 0.25) is 0 Å². The number of hydrogen-bond donors (Lipinski definition) is 1. The van der Waals surface area contributed by atoms with Crippen LogP contribution < -0.4 is 0 Å². The van der Waals surface area contributed by atoms with Crippen LogP contribution >= 0.6 is 0 Å². The molecule has 4 aromatic heterocycles. The summed E-state index contributed by atoms with van der Waals surface area (Å²) in [7, 11) is 0. The minimum atomic E-state index is -0.996. The van der Waals surface area contributed by atoms with E-state index in [4.69, 9.17) is 4.98 Å². The topological polar surface area (TPSA) is 114 Å². The zero-order valence-corrected chi connectivity index (χ0v) is 23.5. The molecule has 8 rings (SSSR count). The second-order valence-electron chi connectivity index (χ2n) is 11.8. The van der Waals surface area contributed by atoms with Gasteiger partial charge in [-0.15, -0.1) is 0 Å². The van der Waals surface area contributed by atoms with E-state index in [0.29, 0.717) is 16.8 Å². The van der Waals surface area contributed by atoms with Gasteiger partial charge in [0.05, 0.1) is 33.7 Å². The summed E-state index contributed by atoms with van der Waals surface area (Å²) in [5.41, 5.74) is 5.36. The molecule has 2 amide bonds. The lowest BCUT2D eigenvalue weighted by atomic mass is 9.61. The van der Waals surface area contributed by atoms with E-state index < -0.39 is 11.1 Å². The summed E-state index contributed by atoms with van der Waals surface area (Å²) in [6.45, 7) is 3.66. The highest BCUT2D eigenvalue weighted by Crippen LogP contribution is 2.54. The van der Waals surface area contributed by atoms with Gasteiger partial charge in [-0.05, 0) is 55.3 Å². The molecule has 0 spiro atoms. The van der Waals surface area contributed by atoms with E-state index >= 15 is 0 Å². The van der Waals surface area contributed by atoms with E-state index in [2.05, 4.69) is 21.1 Å². The predicted molar refractivity (Wildman–Crippen MR) is 160 cm³/mol. The fraction of sp³-hybridized carbons (Fsp3) is 0.176. The molecule has 0 atom stereocenters. The Morgan fingerprint density at radius 2 is 1.51 bits per heavy atom. The molecular weight excluding hydrogens is 540 g/mol. The first-order valence-electron chi connectivity index (χ1n) is 14.1. The second-order valence-corrected chi connectivity index (χ2v) is 11.8. The SMILES string of the molecule is Cc1cc2ncc3cc(-c4ccncc4)c(-c4ccc(C5(N6C(=O)c7ccccc7C6=O)CC(C)(O)C5)cc4)nc3n2n1. The van der Waals surface area contributed by atoms with Gasteiger partial charge in [0.25, 0.3) is 11.8 Å². The van der Waals surface area contributed by atoms with Crippen molar-refractivity contribution in [1.29, 1.82) is 0 Å². The molecule has 1 N–H and O–H groups in total. The summed E-state index contributed by atoms with van der Waals surface area (Å²) >= 11 is 0. The fourth-order valence-corrected chi connectivity index (χ4v) is 6.84. The van der Waals surface area contributed by atoms with Crippen LogP contribution in [0.4, 0.5) is 0 Å². The number of aromatic nitrogens is 5. The molecular formula is C34H26N6O3. The molecule has 0 radical (unpaired) electrons. The number of imide groups is 1. The number of aryl methyl sites for hydroxylation is 1. The molecule has 9 nitrogen and oxygen atoms in total. The highest BCUT2D eigenvalue weighted by Gasteiger charge is 2.60. The quantitative estimate of drug-likeness (QED) is 0.286. The molecule has 0 bridgehead atoms. The van der Waals surface area contributed by atoms with Gasteiger partial charge >= 0.3 is 0 Å². The van der Waals surface area contributed by atoms with Gasteiger partial charge in [-0.3, -0.25) is 19.5 Å². The van der Waals surface area contributed by atoms with Crippen molar-refractivity contribution in [2.75, 3.05) is 0 Å². The van der Waals surface area contributed by atoms with Gasteiger partial charge in [0.2, 0.25) is 0 Å². The standard InChI is InChI=1S/C34H26N6O3/c1-20-15-28-36-17-23-16-27(21-11-13-35-14-12-21)29(37-30(23)40(28)38-20)22-7-9-24(10-8-22)34(18-33(2,43)19-34)39-31(41)25-5-3-4-6-26(25)32(39)42/h3-17,43H,18-19H2,1-2H3. The fourth-order valence-electron chi connectivity index (χ4n) is 6.84. The molecule has 5 heterocycles. The summed E-state index contributed by atoms with van der Waals surface area (Å²) in [6, 6.07) is 22.6. The number of carbonyl (C=O) groups excluding carboxylic acids is 2. The predicted octanol–water partition coefficient (Wildman–Crippen LogP) is 5.35. The highest BCUT2D eigenvalue weighted by atomic mass is 16.3. The average Bonchev–Trinajstić information content (AvgIpc) is 3.52. The molecule has 0 unspecified atom stereocenters. The molecule has 210 valence electrons. The zero-order valence-electron chi connectivity index (χ0n) is 23.5. The number of benzene rings is 2. The number of rotatable bonds is 4. The van der Waals surface area contributed by atoms with Crippen LogP contribution in [0.15, 0.2) is 91.4 Å². The first-order valence-corrected chi connectivity index (χ1v) is 14.1. The molecule has 1 aliphatic heterocycles. The van der Waals surface area contributed by atoms with E-state index in [1.165, 1.54) is 4.90 Å². The van der Waals surface area contributed by atoms with Crippen LogP contribution in [0.3, 0.4) is 0 Å². The lowest BCUT2D eigenvalue weighted by Crippen LogP contribution is -2.63. The summed E-state index contributed by atoms with van der Waals surface area (Å²) in [4.78, 5) is 42.3. The maximum atomic E-state index is 13.5. The largest absolute Gasteiger partial charge is 0.390 e. The summed E-state index contributed by atoms with van der Waals surface area (Å²) in [6.07, 6.45) is 5.82. The van der Waals surface area contributed by atoms with Crippen LogP contribution in [-0.4, -0.2) is 52.0 Å². The Balaban J connectivity index is 1.27. The second kappa shape index (κ2) is 8.86. The van der Waals surface area contributed by atoms with Crippen LogP contribution in [0.25, 0.3) is 39.1 Å². The minimum absolute atomic E-state index is 0.255. The van der Waals surface area contributed by atoms with Crippen LogP contribution in [-0.2, 0) is 5.54 Å². The Bertz CT molecular complexity index is 2080. The third-order valence-corrected chi connectivity index (χ3v) is 8.64. The number of amides is 2. The maximum Gasteiger partial charge on any atom is 0.262 e. The van der Waals surface area contributed by atoms with Gasteiger partial charge in [0.15, 0.2) is 11.3 Å². The van der Waals surface area contributed by atoms with Gasteiger partial charge in [0.1, 0.15) is 0 Å². The van der Waals surface area contributed by atoms with Gasteiger partial charge in [0, 0.05) is 54.0 Å². The van der Waals surface area contributed by atoms with Gasteiger partial charge < -0.3 is 5.11 Å². The number of fused-ring (bicyclic) bond motifs is 4. The molecule has 2 aromatic carbocycles. The highest BCUT2D eigenvalue weighted by molar-refractivity contribution is 6.22. The summed E-state index contributed by atoms with van der Waals surface area (Å²) < 4.78 is 1.76. The van der Waals surface area contributed by atoms with E-state index in [9.17, 15) is 14.7 Å². The van der Waals surface area contributed by atoms with Crippen molar-refractivity contribution in [3.63, 3.8) is 0 Å². The molecule has 1 fully saturated rings. The smallest absolute Gasteiger partial charge is 0.262 e. The van der Waals surface area contributed by atoms with Crippen molar-refractivity contribution in [2.24, 2.45) is 0 Å². The lowest BCUT2D eigenvalue weighted by molar-refractivity contribution is -0.118. The van der Waals surface area contributed by atoms with Crippen molar-refractivity contribution in [3.05, 3.63) is 114 Å². The van der Waals surface area contributed by atoms with E-state index in [1.807, 2.05) is 55.6 Å². The average molecular weight is 567 g/mol. The molecule has 9 heteroatoms. The third-order valence-electron chi connectivity index (χ3n) is 8.64. The number of carbonyl (C=O) groups is 2. The van der Waals surface area contributed by atoms with Gasteiger partial charge in [-0.2, -0.15) is 9.61 Å². The molecule has 0 saturated heterocycles. The minimum Gasteiger partial charge on any atom is -0.390 e. The molecule has 43 heavy (non-hydrogen) atoms. The van der Waals surface area contributed by atoms with Crippen molar-refractivity contribution in [2.45, 2.75) is 37.8 Å². The first kappa shape index (κ1) is 25.4. The Hall–Kier alpha value is -5.28. The Morgan fingerprint density at radius 1 is 0.837 bits per heavy atom. The van der Waals surface area contributed by atoms with Crippen LogP contribution in [0, 0.1) is 6.92 Å². The number of aliphatic hydroxyl groups is 1. The van der Waals surface area contributed by atoms with E-state index in [0.717, 1.165) is 44.7 Å². The number of hydrogen-bond acceptors (Lipinski definition) is 7. The first-order chi connectivity index (χ1) is 20.7. The van der Waals surface area contributed by atoms with Crippen molar-refractivity contribution >= 4 is 28.5 Å². The van der Waals surface area contributed by atoms with Gasteiger partial charge in [-0.25, -0.2) is 9.97 Å². The number of nitrogens with zero attached hydrogens (tertiary/aromatic N) is 6. The Labute approximate surface area is 246 Å². The normalized spacial score (nSPS) is 21.4. The monoisotopic (exact) mass is 566 g/mol. The molecule has 6 aromatic rings. The zero-order chi connectivity index (χ0) is 29.5. The number of pyridine rings is 2. The Kier molecular flexibility index (Phi) is 5.24. The van der Waals surface area contributed by atoms with Crippen LogP contribution in [0.1, 0.15) is 51.7 Å². The summed E-state index contributed by atoms with van der Waals surface area (Å²) in [5, 5.41) is 16.3. The van der Waals surface area contributed by atoms with Crippen LogP contribution in [0.5, 0.6) is 0 Å². The molecule has 2 aliphatic rings. The lowest BCUT2D eigenvalue weighted by Gasteiger charge is -2.55.